The second kappa shape index (κ2) is 4.68. The molecule has 0 aromatic rings. The molecule has 1 heterocycles. The lowest BCUT2D eigenvalue weighted by Gasteiger charge is -2.41. The molecule has 0 radical (unpaired) electrons. The molecule has 1 heteroatoms. The molecule has 94 valence electrons. The van der Waals surface area contributed by atoms with Gasteiger partial charge in [0.05, 0.1) is 13.6 Å². The Labute approximate surface area is 102 Å². The summed E-state index contributed by atoms with van der Waals surface area (Å²) in [6.07, 6.45) is 6.06. The molecule has 0 amide bonds. The Bertz CT molecular complexity index is 260. The van der Waals surface area contributed by atoms with Gasteiger partial charge in [0.15, 0.2) is 0 Å². The van der Waals surface area contributed by atoms with Crippen molar-refractivity contribution in [2.24, 2.45) is 23.7 Å². The fraction of sp³-hybridized carbons (Fsp3) is 1.00. The van der Waals surface area contributed by atoms with Crippen molar-refractivity contribution in [2.45, 2.75) is 65.4 Å². The molecule has 2 bridgehead atoms. The van der Waals surface area contributed by atoms with Crippen molar-refractivity contribution in [3.05, 3.63) is 0 Å². The number of rotatable bonds is 4. The van der Waals surface area contributed by atoms with Gasteiger partial charge in [0.25, 0.3) is 0 Å². The zero-order valence-electron chi connectivity index (χ0n) is 12.3. The fourth-order valence-corrected chi connectivity index (χ4v) is 3.84. The van der Waals surface area contributed by atoms with E-state index in [0.29, 0.717) is 17.8 Å². The van der Waals surface area contributed by atoms with E-state index < -0.39 is 0 Å². The Balaban J connectivity index is 2.19. The van der Waals surface area contributed by atoms with Gasteiger partial charge in [-0.1, -0.05) is 34.1 Å². The Kier molecular flexibility index (Phi) is 3.24. The SMILES string of the molecule is [2H]C1OC2(CC(C)C)CCCC1C2CC(C)C. The quantitative estimate of drug-likeness (QED) is 0.694. The van der Waals surface area contributed by atoms with Gasteiger partial charge in [0.1, 0.15) is 0 Å². The van der Waals surface area contributed by atoms with E-state index in [4.69, 9.17) is 6.11 Å². The second-order valence-corrected chi connectivity index (χ2v) is 6.71. The summed E-state index contributed by atoms with van der Waals surface area (Å²) < 4.78 is 14.3. The monoisotopic (exact) mass is 225 g/mol. The molecule has 0 aromatic carbocycles. The topological polar surface area (TPSA) is 9.23 Å². The number of hydrogen-bond donors (Lipinski definition) is 0. The molecule has 0 aromatic heterocycles. The maximum Gasteiger partial charge on any atom is 0.0716 e. The lowest BCUT2D eigenvalue weighted by molar-refractivity contribution is -0.0531. The van der Waals surface area contributed by atoms with E-state index in [1.165, 1.54) is 25.7 Å². The molecule has 2 aliphatic rings. The summed E-state index contributed by atoms with van der Waals surface area (Å²) in [7, 11) is 0. The van der Waals surface area contributed by atoms with E-state index in [-0.39, 0.29) is 12.2 Å². The minimum absolute atomic E-state index is 0.0494. The summed E-state index contributed by atoms with van der Waals surface area (Å²) in [5.41, 5.74) is 0.0494. The first-order valence-corrected chi connectivity index (χ1v) is 7.04. The average Bonchev–Trinajstić information content (AvgIpc) is 2.35. The number of fused-ring (bicyclic) bond motifs is 2. The van der Waals surface area contributed by atoms with Crippen LogP contribution in [0.2, 0.25) is 0 Å². The van der Waals surface area contributed by atoms with Crippen molar-refractivity contribution in [3.63, 3.8) is 0 Å². The van der Waals surface area contributed by atoms with Gasteiger partial charge >= 0.3 is 0 Å². The third-order valence-electron chi connectivity index (χ3n) is 4.29. The molecule has 2 rings (SSSR count). The van der Waals surface area contributed by atoms with Gasteiger partial charge in [-0.2, -0.15) is 0 Å². The molecule has 1 nitrogen and oxygen atoms in total. The standard InChI is InChI=1S/C15H28O/c1-11(2)8-14-13-6-5-7-15(14,16-10-13)9-12(3)4/h11-14H,5-10H2,1-4H3/i10D. The minimum atomic E-state index is -0.250. The van der Waals surface area contributed by atoms with Crippen molar-refractivity contribution in [2.75, 3.05) is 6.58 Å². The lowest BCUT2D eigenvalue weighted by atomic mass is 9.66. The molecule has 16 heavy (non-hydrogen) atoms. The molecule has 1 aliphatic heterocycles. The Hall–Kier alpha value is -0.0400. The van der Waals surface area contributed by atoms with Crippen molar-refractivity contribution < 1.29 is 6.11 Å². The van der Waals surface area contributed by atoms with Gasteiger partial charge in [-0.05, 0) is 49.4 Å². The highest BCUT2D eigenvalue weighted by molar-refractivity contribution is 5.00. The van der Waals surface area contributed by atoms with E-state index in [9.17, 15) is 0 Å². The molecule has 4 atom stereocenters. The first-order chi connectivity index (χ1) is 7.94. The van der Waals surface area contributed by atoms with Crippen LogP contribution in [0.15, 0.2) is 0 Å². The van der Waals surface area contributed by atoms with Gasteiger partial charge in [-0.3, -0.25) is 0 Å². The van der Waals surface area contributed by atoms with Crippen molar-refractivity contribution >= 4 is 0 Å². The minimum Gasteiger partial charge on any atom is -0.374 e. The summed E-state index contributed by atoms with van der Waals surface area (Å²) in [5, 5.41) is 0. The van der Waals surface area contributed by atoms with Crippen molar-refractivity contribution in [1.82, 2.24) is 0 Å². The fourth-order valence-electron chi connectivity index (χ4n) is 3.84. The molecule has 4 unspecified atom stereocenters. The highest BCUT2D eigenvalue weighted by atomic mass is 16.5. The molecule has 1 aliphatic carbocycles. The molecule has 2 fully saturated rings. The smallest absolute Gasteiger partial charge is 0.0716 e. The van der Waals surface area contributed by atoms with E-state index in [0.717, 1.165) is 12.3 Å². The molecule has 1 saturated carbocycles. The van der Waals surface area contributed by atoms with Crippen molar-refractivity contribution in [3.8, 4) is 0 Å². The Morgan fingerprint density at radius 3 is 2.69 bits per heavy atom. The number of hydrogen-bond acceptors (Lipinski definition) is 1. The first kappa shape index (κ1) is 11.1. The summed E-state index contributed by atoms with van der Waals surface area (Å²) >= 11 is 0. The van der Waals surface area contributed by atoms with Crippen LogP contribution in [0.3, 0.4) is 0 Å². The predicted molar refractivity (Wildman–Crippen MR) is 68.4 cm³/mol. The van der Waals surface area contributed by atoms with Crippen molar-refractivity contribution in [1.29, 1.82) is 0 Å². The van der Waals surface area contributed by atoms with Crippen LogP contribution < -0.4 is 0 Å². The summed E-state index contributed by atoms with van der Waals surface area (Å²) in [6.45, 7) is 8.92. The van der Waals surface area contributed by atoms with E-state index in [1.54, 1.807) is 0 Å². The van der Waals surface area contributed by atoms with E-state index in [2.05, 4.69) is 27.7 Å². The van der Waals surface area contributed by atoms with E-state index >= 15 is 0 Å². The van der Waals surface area contributed by atoms with Crippen LogP contribution in [-0.4, -0.2) is 12.2 Å². The van der Waals surface area contributed by atoms with Crippen LogP contribution in [0.1, 0.15) is 61.2 Å². The highest BCUT2D eigenvalue weighted by Crippen LogP contribution is 2.51. The third-order valence-corrected chi connectivity index (χ3v) is 4.29. The van der Waals surface area contributed by atoms with Crippen LogP contribution in [0.5, 0.6) is 0 Å². The van der Waals surface area contributed by atoms with E-state index in [1.807, 2.05) is 0 Å². The van der Waals surface area contributed by atoms with Gasteiger partial charge in [-0.25, -0.2) is 0 Å². The summed E-state index contributed by atoms with van der Waals surface area (Å²) in [4.78, 5) is 0. The van der Waals surface area contributed by atoms with Crippen LogP contribution in [-0.2, 0) is 4.74 Å². The lowest BCUT2D eigenvalue weighted by Crippen LogP contribution is -2.41. The second-order valence-electron chi connectivity index (χ2n) is 6.71. The molecule has 1 saturated heterocycles. The zero-order valence-corrected chi connectivity index (χ0v) is 11.3. The normalized spacial score (nSPS) is 44.1. The first-order valence-electron chi connectivity index (χ1n) is 7.62. The molecule has 0 N–H and O–H groups in total. The Morgan fingerprint density at radius 1 is 1.31 bits per heavy atom. The molecular weight excluding hydrogens is 196 g/mol. The third kappa shape index (κ3) is 2.30. The maximum absolute atomic E-state index is 8.18. The molecule has 0 spiro atoms. The van der Waals surface area contributed by atoms with Crippen LogP contribution in [0, 0.1) is 23.7 Å². The van der Waals surface area contributed by atoms with Crippen LogP contribution in [0.4, 0.5) is 0 Å². The number of ether oxygens (including phenoxy) is 1. The maximum atomic E-state index is 8.18. The van der Waals surface area contributed by atoms with Crippen LogP contribution in [0.25, 0.3) is 0 Å². The van der Waals surface area contributed by atoms with Crippen LogP contribution >= 0.6 is 0 Å². The summed E-state index contributed by atoms with van der Waals surface area (Å²) in [5.74, 6) is 2.54. The highest BCUT2D eigenvalue weighted by Gasteiger charge is 2.51. The van der Waals surface area contributed by atoms with Gasteiger partial charge < -0.3 is 4.74 Å². The largest absolute Gasteiger partial charge is 0.374 e. The van der Waals surface area contributed by atoms with Gasteiger partial charge in [-0.15, -0.1) is 0 Å². The van der Waals surface area contributed by atoms with Gasteiger partial charge in [0.2, 0.25) is 0 Å². The predicted octanol–water partition coefficient (Wildman–Crippen LogP) is 4.26. The Morgan fingerprint density at radius 2 is 2.06 bits per heavy atom. The zero-order chi connectivity index (χ0) is 12.6. The average molecular weight is 225 g/mol. The molecular formula is C15H28O. The van der Waals surface area contributed by atoms with Gasteiger partial charge in [0, 0.05) is 0 Å². The summed E-state index contributed by atoms with van der Waals surface area (Å²) in [6, 6.07) is 0.